The SMILES string of the molecule is CC(C)(C)OC(=O)NC1CCC(OCCNC2COC2)CC1. The molecule has 0 aromatic carbocycles. The van der Waals surface area contributed by atoms with Gasteiger partial charge >= 0.3 is 6.09 Å². The fourth-order valence-corrected chi connectivity index (χ4v) is 2.69. The third-order valence-electron chi connectivity index (χ3n) is 3.92. The van der Waals surface area contributed by atoms with E-state index in [0.717, 1.165) is 52.0 Å². The summed E-state index contributed by atoms with van der Waals surface area (Å²) < 4.78 is 16.3. The van der Waals surface area contributed by atoms with Crippen LogP contribution in [0.15, 0.2) is 0 Å². The van der Waals surface area contributed by atoms with Crippen LogP contribution >= 0.6 is 0 Å². The molecule has 1 saturated carbocycles. The maximum atomic E-state index is 11.7. The van der Waals surface area contributed by atoms with Gasteiger partial charge in [-0.2, -0.15) is 0 Å². The Labute approximate surface area is 133 Å². The highest BCUT2D eigenvalue weighted by molar-refractivity contribution is 5.68. The van der Waals surface area contributed by atoms with Crippen molar-refractivity contribution in [1.82, 2.24) is 10.6 Å². The third-order valence-corrected chi connectivity index (χ3v) is 3.92. The Morgan fingerprint density at radius 1 is 1.14 bits per heavy atom. The van der Waals surface area contributed by atoms with Gasteiger partial charge in [0.1, 0.15) is 5.60 Å². The molecule has 2 fully saturated rings. The predicted molar refractivity (Wildman–Crippen MR) is 84.0 cm³/mol. The van der Waals surface area contributed by atoms with E-state index in [1.165, 1.54) is 0 Å². The van der Waals surface area contributed by atoms with Gasteiger partial charge in [-0.3, -0.25) is 0 Å². The lowest BCUT2D eigenvalue weighted by Gasteiger charge is -2.31. The van der Waals surface area contributed by atoms with Crippen LogP contribution in [0.25, 0.3) is 0 Å². The van der Waals surface area contributed by atoms with Crippen LogP contribution in [0, 0.1) is 0 Å². The summed E-state index contributed by atoms with van der Waals surface area (Å²) in [4.78, 5) is 11.7. The van der Waals surface area contributed by atoms with E-state index in [-0.39, 0.29) is 12.1 Å². The number of alkyl carbamates (subject to hydrolysis) is 1. The van der Waals surface area contributed by atoms with Gasteiger partial charge in [-0.05, 0) is 46.5 Å². The summed E-state index contributed by atoms with van der Waals surface area (Å²) in [5.41, 5.74) is -0.442. The van der Waals surface area contributed by atoms with Crippen molar-refractivity contribution in [3.63, 3.8) is 0 Å². The van der Waals surface area contributed by atoms with Gasteiger partial charge in [0.05, 0.1) is 32.0 Å². The third kappa shape index (κ3) is 6.50. The summed E-state index contributed by atoms with van der Waals surface area (Å²) in [5.74, 6) is 0. The molecule has 0 radical (unpaired) electrons. The zero-order chi connectivity index (χ0) is 16.0. The van der Waals surface area contributed by atoms with E-state index in [2.05, 4.69) is 10.6 Å². The average molecular weight is 314 g/mol. The van der Waals surface area contributed by atoms with Crippen molar-refractivity contribution in [1.29, 1.82) is 0 Å². The zero-order valence-corrected chi connectivity index (χ0v) is 14.0. The molecule has 0 atom stereocenters. The minimum atomic E-state index is -0.442. The first-order valence-electron chi connectivity index (χ1n) is 8.34. The molecular formula is C16H30N2O4. The van der Waals surface area contributed by atoms with Crippen molar-refractivity contribution in [2.45, 2.75) is 70.2 Å². The van der Waals surface area contributed by atoms with Gasteiger partial charge < -0.3 is 24.8 Å². The predicted octanol–water partition coefficient (Wildman–Crippen LogP) is 1.83. The van der Waals surface area contributed by atoms with Crippen molar-refractivity contribution < 1.29 is 19.0 Å². The minimum Gasteiger partial charge on any atom is -0.444 e. The highest BCUT2D eigenvalue weighted by atomic mass is 16.6. The van der Waals surface area contributed by atoms with Crippen LogP contribution in [0.1, 0.15) is 46.5 Å². The van der Waals surface area contributed by atoms with E-state index >= 15 is 0 Å². The van der Waals surface area contributed by atoms with Gasteiger partial charge in [0, 0.05) is 12.6 Å². The molecule has 1 amide bonds. The van der Waals surface area contributed by atoms with Gasteiger partial charge in [-0.1, -0.05) is 0 Å². The first kappa shape index (κ1) is 17.5. The molecule has 1 heterocycles. The molecule has 2 aliphatic rings. The van der Waals surface area contributed by atoms with E-state index in [9.17, 15) is 4.79 Å². The average Bonchev–Trinajstić information content (AvgIpc) is 2.36. The Kier molecular flexibility index (Phi) is 6.47. The Balaban J connectivity index is 1.52. The van der Waals surface area contributed by atoms with Crippen LogP contribution in [0.4, 0.5) is 4.79 Å². The lowest BCUT2D eigenvalue weighted by Crippen LogP contribution is -2.47. The maximum absolute atomic E-state index is 11.7. The van der Waals surface area contributed by atoms with Crippen LogP contribution in [-0.4, -0.2) is 56.2 Å². The molecule has 0 unspecified atom stereocenters. The van der Waals surface area contributed by atoms with Crippen molar-refractivity contribution in [2.75, 3.05) is 26.4 Å². The Hall–Kier alpha value is -0.850. The second kappa shape index (κ2) is 8.13. The second-order valence-electron chi connectivity index (χ2n) is 7.18. The number of carbonyl (C=O) groups is 1. The number of ether oxygens (including phenoxy) is 3. The molecule has 1 saturated heterocycles. The lowest BCUT2D eigenvalue weighted by atomic mass is 9.93. The highest BCUT2D eigenvalue weighted by Gasteiger charge is 2.25. The lowest BCUT2D eigenvalue weighted by molar-refractivity contribution is -0.0158. The fourth-order valence-electron chi connectivity index (χ4n) is 2.69. The second-order valence-corrected chi connectivity index (χ2v) is 7.18. The molecule has 1 aliphatic carbocycles. The van der Waals surface area contributed by atoms with Crippen LogP contribution in [-0.2, 0) is 14.2 Å². The molecule has 6 heteroatoms. The first-order valence-corrected chi connectivity index (χ1v) is 8.34. The normalized spacial score (nSPS) is 26.3. The number of rotatable bonds is 6. The number of carbonyl (C=O) groups excluding carboxylic acids is 1. The Bertz CT molecular complexity index is 345. The molecule has 22 heavy (non-hydrogen) atoms. The maximum Gasteiger partial charge on any atom is 0.407 e. The van der Waals surface area contributed by atoms with Gasteiger partial charge in [0.2, 0.25) is 0 Å². The van der Waals surface area contributed by atoms with Crippen LogP contribution < -0.4 is 10.6 Å². The summed E-state index contributed by atoms with van der Waals surface area (Å²) in [6.45, 7) is 8.89. The fraction of sp³-hybridized carbons (Fsp3) is 0.938. The molecule has 0 bridgehead atoms. The highest BCUT2D eigenvalue weighted by Crippen LogP contribution is 2.21. The largest absolute Gasteiger partial charge is 0.444 e. The first-order chi connectivity index (χ1) is 10.4. The molecule has 2 N–H and O–H groups in total. The summed E-state index contributed by atoms with van der Waals surface area (Å²) >= 11 is 0. The van der Waals surface area contributed by atoms with E-state index in [4.69, 9.17) is 14.2 Å². The van der Waals surface area contributed by atoms with E-state index < -0.39 is 5.60 Å². The Morgan fingerprint density at radius 3 is 2.36 bits per heavy atom. The molecule has 128 valence electrons. The minimum absolute atomic E-state index is 0.208. The monoisotopic (exact) mass is 314 g/mol. The number of nitrogens with one attached hydrogen (secondary N) is 2. The Morgan fingerprint density at radius 2 is 1.82 bits per heavy atom. The molecule has 0 spiro atoms. The standard InChI is InChI=1S/C16H30N2O4/c1-16(2,3)22-15(19)18-12-4-6-14(7-5-12)21-9-8-17-13-10-20-11-13/h12-14,17H,4-11H2,1-3H3,(H,18,19). The molecule has 2 rings (SSSR count). The van der Waals surface area contributed by atoms with Gasteiger partial charge in [-0.25, -0.2) is 4.79 Å². The molecule has 1 aliphatic heterocycles. The van der Waals surface area contributed by atoms with E-state index in [0.29, 0.717) is 12.1 Å². The van der Waals surface area contributed by atoms with Gasteiger partial charge in [-0.15, -0.1) is 0 Å². The summed E-state index contributed by atoms with van der Waals surface area (Å²) in [5, 5.41) is 6.34. The molecule has 0 aromatic rings. The van der Waals surface area contributed by atoms with Crippen molar-refractivity contribution in [3.8, 4) is 0 Å². The van der Waals surface area contributed by atoms with Crippen molar-refractivity contribution in [3.05, 3.63) is 0 Å². The molecule has 6 nitrogen and oxygen atoms in total. The topological polar surface area (TPSA) is 68.8 Å². The number of hydrogen-bond acceptors (Lipinski definition) is 5. The van der Waals surface area contributed by atoms with Crippen LogP contribution in [0.3, 0.4) is 0 Å². The van der Waals surface area contributed by atoms with E-state index in [1.54, 1.807) is 0 Å². The summed E-state index contributed by atoms with van der Waals surface area (Å²) in [7, 11) is 0. The number of hydrogen-bond donors (Lipinski definition) is 2. The zero-order valence-electron chi connectivity index (χ0n) is 14.0. The number of amides is 1. The molecular weight excluding hydrogens is 284 g/mol. The van der Waals surface area contributed by atoms with Gasteiger partial charge in [0.25, 0.3) is 0 Å². The molecule has 0 aromatic heterocycles. The van der Waals surface area contributed by atoms with Crippen LogP contribution in [0.2, 0.25) is 0 Å². The summed E-state index contributed by atoms with van der Waals surface area (Å²) in [6.07, 6.45) is 3.89. The van der Waals surface area contributed by atoms with E-state index in [1.807, 2.05) is 20.8 Å². The quantitative estimate of drug-likeness (QED) is 0.732. The van der Waals surface area contributed by atoms with Crippen molar-refractivity contribution in [2.24, 2.45) is 0 Å². The van der Waals surface area contributed by atoms with Crippen molar-refractivity contribution >= 4 is 6.09 Å². The van der Waals surface area contributed by atoms with Gasteiger partial charge in [0.15, 0.2) is 0 Å². The van der Waals surface area contributed by atoms with Crippen LogP contribution in [0.5, 0.6) is 0 Å². The summed E-state index contributed by atoms with van der Waals surface area (Å²) in [6, 6.07) is 0.720. The smallest absolute Gasteiger partial charge is 0.407 e.